The third-order valence-electron chi connectivity index (χ3n) is 3.36. The molecule has 1 N–H and O–H groups in total. The van der Waals surface area contributed by atoms with Crippen LogP contribution >= 0.6 is 0 Å². The predicted molar refractivity (Wildman–Crippen MR) is 75.9 cm³/mol. The Morgan fingerprint density at radius 1 is 1.11 bits per heavy atom. The predicted octanol–water partition coefficient (Wildman–Crippen LogP) is 3.90. The summed E-state index contributed by atoms with van der Waals surface area (Å²) in [4.78, 5) is 0. The Labute approximate surface area is 111 Å². The van der Waals surface area contributed by atoms with E-state index >= 15 is 0 Å². The highest BCUT2D eigenvalue weighted by Crippen LogP contribution is 2.20. The lowest BCUT2D eigenvalue weighted by Gasteiger charge is -2.07. The zero-order valence-corrected chi connectivity index (χ0v) is 11.5. The van der Waals surface area contributed by atoms with Crippen LogP contribution in [0.5, 0.6) is 5.75 Å². The molecule has 0 radical (unpaired) electrons. The summed E-state index contributed by atoms with van der Waals surface area (Å²) in [6.45, 7) is 4.07. The van der Waals surface area contributed by atoms with Crippen LogP contribution in [0.25, 0.3) is 0 Å². The van der Waals surface area contributed by atoms with E-state index in [1.807, 2.05) is 0 Å². The topological polar surface area (TPSA) is 21.3 Å². The van der Waals surface area contributed by atoms with Crippen LogP contribution in [0.2, 0.25) is 0 Å². The van der Waals surface area contributed by atoms with Crippen LogP contribution in [0.4, 0.5) is 0 Å². The normalized spacial score (nSPS) is 14.7. The molecule has 0 saturated heterocycles. The lowest BCUT2D eigenvalue weighted by Crippen LogP contribution is -2.15. The van der Waals surface area contributed by atoms with Crippen molar-refractivity contribution in [2.75, 3.05) is 6.61 Å². The van der Waals surface area contributed by atoms with Gasteiger partial charge in [-0.1, -0.05) is 38.3 Å². The number of benzene rings is 1. The van der Waals surface area contributed by atoms with Crippen molar-refractivity contribution in [2.45, 2.75) is 58.0 Å². The summed E-state index contributed by atoms with van der Waals surface area (Å²) < 4.78 is 5.73. The minimum Gasteiger partial charge on any atom is -0.494 e. The fourth-order valence-corrected chi connectivity index (χ4v) is 1.97. The third-order valence-corrected chi connectivity index (χ3v) is 3.36. The van der Waals surface area contributed by atoms with Crippen molar-refractivity contribution >= 4 is 0 Å². The van der Waals surface area contributed by atoms with E-state index < -0.39 is 0 Å². The van der Waals surface area contributed by atoms with Gasteiger partial charge >= 0.3 is 0 Å². The summed E-state index contributed by atoms with van der Waals surface area (Å²) in [6, 6.07) is 9.28. The van der Waals surface area contributed by atoms with Crippen molar-refractivity contribution in [1.29, 1.82) is 0 Å². The Balaban J connectivity index is 1.63. The van der Waals surface area contributed by atoms with Gasteiger partial charge in [-0.25, -0.2) is 0 Å². The monoisotopic (exact) mass is 247 g/mol. The van der Waals surface area contributed by atoms with Crippen molar-refractivity contribution in [3.8, 4) is 5.75 Å². The summed E-state index contributed by atoms with van der Waals surface area (Å²) in [7, 11) is 0. The summed E-state index contributed by atoms with van der Waals surface area (Å²) in [5, 5.41) is 3.52. The number of hydrogen-bond donors (Lipinski definition) is 1. The molecular weight excluding hydrogens is 222 g/mol. The highest BCUT2D eigenvalue weighted by atomic mass is 16.5. The van der Waals surface area contributed by atoms with Gasteiger partial charge in [-0.05, 0) is 37.0 Å². The van der Waals surface area contributed by atoms with Crippen molar-refractivity contribution in [2.24, 2.45) is 0 Å². The fourth-order valence-electron chi connectivity index (χ4n) is 1.97. The second-order valence-corrected chi connectivity index (χ2v) is 5.21. The van der Waals surface area contributed by atoms with Crippen LogP contribution in [0.3, 0.4) is 0 Å². The molecule has 0 bridgehead atoms. The maximum atomic E-state index is 5.73. The zero-order valence-electron chi connectivity index (χ0n) is 11.5. The van der Waals surface area contributed by atoms with E-state index in [4.69, 9.17) is 4.74 Å². The fraction of sp³-hybridized carbons (Fsp3) is 0.625. The number of ether oxygens (including phenoxy) is 1. The Bertz CT molecular complexity index is 329. The van der Waals surface area contributed by atoms with E-state index in [1.54, 1.807) is 0 Å². The van der Waals surface area contributed by atoms with Gasteiger partial charge in [-0.2, -0.15) is 0 Å². The Hall–Kier alpha value is -1.02. The molecule has 1 aromatic rings. The Morgan fingerprint density at radius 3 is 2.56 bits per heavy atom. The van der Waals surface area contributed by atoms with Crippen LogP contribution in [0.1, 0.15) is 51.0 Å². The summed E-state index contributed by atoms with van der Waals surface area (Å²) >= 11 is 0. The van der Waals surface area contributed by atoms with Crippen LogP contribution in [0.15, 0.2) is 24.3 Å². The maximum absolute atomic E-state index is 5.73. The molecule has 0 aliphatic heterocycles. The zero-order chi connectivity index (χ0) is 12.6. The molecule has 1 aromatic carbocycles. The van der Waals surface area contributed by atoms with Crippen molar-refractivity contribution in [3.63, 3.8) is 0 Å². The third kappa shape index (κ3) is 5.09. The van der Waals surface area contributed by atoms with Crippen molar-refractivity contribution in [3.05, 3.63) is 29.8 Å². The van der Waals surface area contributed by atoms with Gasteiger partial charge in [0.15, 0.2) is 0 Å². The van der Waals surface area contributed by atoms with Crippen LogP contribution in [-0.4, -0.2) is 12.6 Å². The van der Waals surface area contributed by atoms with E-state index in [2.05, 4.69) is 36.5 Å². The van der Waals surface area contributed by atoms with Gasteiger partial charge in [0.05, 0.1) is 6.61 Å². The average Bonchev–Trinajstić information content (AvgIpc) is 3.22. The SMILES string of the molecule is CCCCCCOc1ccc(CNC2CC2)cc1. The smallest absolute Gasteiger partial charge is 0.119 e. The lowest BCUT2D eigenvalue weighted by molar-refractivity contribution is 0.305. The Kier molecular flexibility index (Phi) is 5.53. The first-order valence-corrected chi connectivity index (χ1v) is 7.33. The van der Waals surface area contributed by atoms with Crippen molar-refractivity contribution < 1.29 is 4.74 Å². The van der Waals surface area contributed by atoms with Crippen LogP contribution in [0, 0.1) is 0 Å². The summed E-state index contributed by atoms with van der Waals surface area (Å²) in [6.07, 6.45) is 7.73. The molecule has 0 aromatic heterocycles. The second kappa shape index (κ2) is 7.42. The molecule has 100 valence electrons. The van der Waals surface area contributed by atoms with E-state index in [1.165, 1.54) is 44.1 Å². The largest absolute Gasteiger partial charge is 0.494 e. The van der Waals surface area contributed by atoms with Gasteiger partial charge < -0.3 is 10.1 Å². The number of nitrogens with one attached hydrogen (secondary N) is 1. The Morgan fingerprint density at radius 2 is 1.89 bits per heavy atom. The maximum Gasteiger partial charge on any atom is 0.119 e. The van der Waals surface area contributed by atoms with Gasteiger partial charge in [0.1, 0.15) is 5.75 Å². The molecule has 0 atom stereocenters. The lowest BCUT2D eigenvalue weighted by atomic mass is 10.2. The molecule has 1 fully saturated rings. The standard InChI is InChI=1S/C16H25NO/c1-2-3-4-5-12-18-16-10-6-14(7-11-16)13-17-15-8-9-15/h6-7,10-11,15,17H,2-5,8-9,12-13H2,1H3. The first-order chi connectivity index (χ1) is 8.88. The molecule has 1 aliphatic carbocycles. The summed E-state index contributed by atoms with van der Waals surface area (Å²) in [5.41, 5.74) is 1.35. The molecule has 2 heteroatoms. The van der Waals surface area contributed by atoms with Crippen LogP contribution in [-0.2, 0) is 6.54 Å². The molecule has 0 heterocycles. The summed E-state index contributed by atoms with van der Waals surface area (Å²) in [5.74, 6) is 1.00. The average molecular weight is 247 g/mol. The number of hydrogen-bond acceptors (Lipinski definition) is 2. The molecule has 2 rings (SSSR count). The molecule has 18 heavy (non-hydrogen) atoms. The highest BCUT2D eigenvalue weighted by Gasteiger charge is 2.19. The first kappa shape index (κ1) is 13.4. The minimum absolute atomic E-state index is 0.777. The quantitative estimate of drug-likeness (QED) is 0.668. The minimum atomic E-state index is 0.777. The molecule has 1 saturated carbocycles. The van der Waals surface area contributed by atoms with E-state index in [-0.39, 0.29) is 0 Å². The van der Waals surface area contributed by atoms with Gasteiger partial charge in [-0.3, -0.25) is 0 Å². The molecule has 0 spiro atoms. The van der Waals surface area contributed by atoms with Gasteiger partial charge in [0, 0.05) is 12.6 Å². The van der Waals surface area contributed by atoms with Gasteiger partial charge in [-0.15, -0.1) is 0 Å². The van der Waals surface area contributed by atoms with Gasteiger partial charge in [0.25, 0.3) is 0 Å². The molecule has 1 aliphatic rings. The molecule has 2 nitrogen and oxygen atoms in total. The second-order valence-electron chi connectivity index (χ2n) is 5.21. The molecular formula is C16H25NO. The molecule has 0 amide bonds. The van der Waals surface area contributed by atoms with Gasteiger partial charge in [0.2, 0.25) is 0 Å². The van der Waals surface area contributed by atoms with Crippen LogP contribution < -0.4 is 10.1 Å². The first-order valence-electron chi connectivity index (χ1n) is 7.33. The van der Waals surface area contributed by atoms with E-state index in [0.717, 1.165) is 24.9 Å². The van der Waals surface area contributed by atoms with E-state index in [9.17, 15) is 0 Å². The highest BCUT2D eigenvalue weighted by molar-refractivity contribution is 5.27. The number of rotatable bonds is 9. The van der Waals surface area contributed by atoms with Crippen molar-refractivity contribution in [1.82, 2.24) is 5.32 Å². The molecule has 0 unspecified atom stereocenters. The van der Waals surface area contributed by atoms with E-state index in [0.29, 0.717) is 0 Å². The number of unbranched alkanes of at least 4 members (excludes halogenated alkanes) is 3.